The molecule has 0 amide bonds. The molecule has 2 aliphatic rings. The summed E-state index contributed by atoms with van der Waals surface area (Å²) in [5.41, 5.74) is 0. The minimum atomic E-state index is 0. The molecule has 0 atom stereocenters. The van der Waals surface area contributed by atoms with Gasteiger partial charge in [-0.2, -0.15) is 6.08 Å². The second-order valence-electron chi connectivity index (χ2n) is 2.08. The van der Waals surface area contributed by atoms with Crippen molar-refractivity contribution in [3.8, 4) is 0 Å². The van der Waals surface area contributed by atoms with Crippen molar-refractivity contribution < 1.29 is 46.5 Å². The van der Waals surface area contributed by atoms with Crippen LogP contribution < -0.4 is 24.8 Å². The second kappa shape index (κ2) is 15.0. The Morgan fingerprint density at radius 1 is 1.38 bits per heavy atom. The third-order valence-corrected chi connectivity index (χ3v) is 1.22. The molecule has 1 nitrogen and oxygen atoms in total. The summed E-state index contributed by atoms with van der Waals surface area (Å²) in [6.45, 7) is 1.01. The first-order valence-corrected chi connectivity index (χ1v) is 3.53. The molecule has 0 saturated carbocycles. The summed E-state index contributed by atoms with van der Waals surface area (Å²) in [6.07, 6.45) is 13.2. The molecule has 0 N–H and O–H groups in total. The molecular formula is C8H10BCl2NTi. The van der Waals surface area contributed by atoms with Gasteiger partial charge in [0, 0.05) is 0 Å². The molecule has 0 bridgehead atoms. The molecule has 0 unspecified atom stereocenters. The number of hydrogen-bond donors (Lipinski definition) is 0. The number of halogens is 2. The van der Waals surface area contributed by atoms with Crippen molar-refractivity contribution in [3.63, 3.8) is 0 Å². The molecule has 5 heteroatoms. The van der Waals surface area contributed by atoms with Crippen LogP contribution in [-0.4, -0.2) is 13.6 Å². The van der Waals surface area contributed by atoms with Gasteiger partial charge in [-0.25, -0.2) is 12.2 Å². The first kappa shape index (κ1) is 19.1. The van der Waals surface area contributed by atoms with Crippen LogP contribution in [0.2, 0.25) is 0 Å². The van der Waals surface area contributed by atoms with E-state index in [-0.39, 0.29) is 46.5 Å². The SMILES string of the molecule is B1=NCC[CH-]1.[C-]1=CC=CC1.[Cl-].[Cl-].[Ti+4]. The molecule has 0 aromatic rings. The summed E-state index contributed by atoms with van der Waals surface area (Å²) in [5.74, 6) is 0. The predicted octanol–water partition coefficient (Wildman–Crippen LogP) is -4.25. The molecule has 1 aliphatic heterocycles. The van der Waals surface area contributed by atoms with Crippen molar-refractivity contribution in [1.82, 2.24) is 0 Å². The predicted molar refractivity (Wildman–Crippen MR) is 43.5 cm³/mol. The first-order valence-electron chi connectivity index (χ1n) is 3.53. The van der Waals surface area contributed by atoms with Gasteiger partial charge in [0.2, 0.25) is 0 Å². The maximum absolute atomic E-state index is 3.90. The summed E-state index contributed by atoms with van der Waals surface area (Å²) < 4.78 is 0. The fourth-order valence-electron chi connectivity index (χ4n) is 0.713. The fraction of sp³-hybridized carbons (Fsp3) is 0.375. The molecule has 68 valence electrons. The summed E-state index contributed by atoms with van der Waals surface area (Å²) >= 11 is 0. The van der Waals surface area contributed by atoms with Crippen molar-refractivity contribution in [2.24, 2.45) is 4.90 Å². The fourth-order valence-corrected chi connectivity index (χ4v) is 0.713. The second-order valence-corrected chi connectivity index (χ2v) is 2.08. The van der Waals surface area contributed by atoms with E-state index in [1.807, 2.05) is 19.2 Å². The van der Waals surface area contributed by atoms with Gasteiger partial charge in [0.25, 0.3) is 0 Å². The maximum atomic E-state index is 3.90. The van der Waals surface area contributed by atoms with Gasteiger partial charge < -0.3 is 24.8 Å². The Labute approximate surface area is 108 Å². The minimum Gasteiger partial charge on any atom is -1.00 e. The van der Waals surface area contributed by atoms with Gasteiger partial charge in [0.15, 0.2) is 0 Å². The maximum Gasteiger partial charge on any atom is 4.00 e. The van der Waals surface area contributed by atoms with Crippen LogP contribution in [0.5, 0.6) is 0 Å². The Morgan fingerprint density at radius 3 is 2.31 bits per heavy atom. The van der Waals surface area contributed by atoms with Crippen LogP contribution in [0, 0.1) is 12.4 Å². The van der Waals surface area contributed by atoms with E-state index in [2.05, 4.69) is 23.4 Å². The number of hydrogen-bond acceptors (Lipinski definition) is 1. The Kier molecular flexibility index (Phi) is 22.1. The topological polar surface area (TPSA) is 12.4 Å². The number of rotatable bonds is 0. The van der Waals surface area contributed by atoms with Gasteiger partial charge >= 0.3 is 53.0 Å². The molecule has 0 radical (unpaired) electrons. The van der Waals surface area contributed by atoms with E-state index in [1.54, 1.807) is 0 Å². The van der Waals surface area contributed by atoms with E-state index in [1.165, 1.54) is 0 Å². The third-order valence-electron chi connectivity index (χ3n) is 1.22. The van der Waals surface area contributed by atoms with Crippen LogP contribution in [0.4, 0.5) is 0 Å². The van der Waals surface area contributed by atoms with E-state index >= 15 is 0 Å². The van der Waals surface area contributed by atoms with Crippen LogP contribution in [0.25, 0.3) is 0 Å². The molecular weight excluding hydrogens is 240 g/mol. The van der Waals surface area contributed by atoms with Crippen LogP contribution in [0.1, 0.15) is 12.8 Å². The summed E-state index contributed by atoms with van der Waals surface area (Å²) in [4.78, 5) is 3.90. The van der Waals surface area contributed by atoms with Crippen LogP contribution in [-0.2, 0) is 21.7 Å². The molecule has 0 aromatic carbocycles. The molecule has 1 aliphatic carbocycles. The van der Waals surface area contributed by atoms with Gasteiger partial charge in [0.1, 0.15) is 0 Å². The van der Waals surface area contributed by atoms with E-state index < -0.39 is 0 Å². The monoisotopic (exact) mass is 249 g/mol. The first-order chi connectivity index (χ1) is 5.00. The third kappa shape index (κ3) is 12.5. The van der Waals surface area contributed by atoms with Crippen molar-refractivity contribution in [2.75, 3.05) is 6.54 Å². The normalized spacial score (nSPS) is 13.5. The Hall–Kier alpha value is 0.509. The van der Waals surface area contributed by atoms with E-state index in [9.17, 15) is 0 Å². The van der Waals surface area contributed by atoms with Gasteiger partial charge in [-0.3, -0.25) is 6.08 Å². The van der Waals surface area contributed by atoms with Crippen molar-refractivity contribution >= 4 is 7.07 Å². The average Bonchev–Trinajstić information content (AvgIpc) is 2.67. The Morgan fingerprint density at radius 2 is 2.15 bits per heavy atom. The van der Waals surface area contributed by atoms with Crippen LogP contribution >= 0.6 is 0 Å². The van der Waals surface area contributed by atoms with Gasteiger partial charge in [-0.05, 0) is 0 Å². The number of nitrogens with zero attached hydrogens (tertiary/aromatic N) is 1. The van der Waals surface area contributed by atoms with Gasteiger partial charge in [0.05, 0.1) is 0 Å². The molecule has 2 rings (SSSR count). The largest absolute Gasteiger partial charge is 4.00 e. The average molecular weight is 250 g/mol. The standard InChI is InChI=1S/C5H5.C3H5BN.2ClH.Ti/c2*1-2-4-5-3-1;;;/h1-3H,4H2;2H,1,3H2;2*1H;/q2*-1;;;+4/p-2. The molecule has 0 spiro atoms. The summed E-state index contributed by atoms with van der Waals surface area (Å²) in [5, 5.41) is 0. The Bertz CT molecular complexity index is 156. The summed E-state index contributed by atoms with van der Waals surface area (Å²) in [6, 6.07) is 0. The molecule has 1 heterocycles. The zero-order valence-corrected chi connectivity index (χ0v) is 10.3. The van der Waals surface area contributed by atoms with Crippen LogP contribution in [0.3, 0.4) is 0 Å². The smallest absolute Gasteiger partial charge is 1.00 e. The molecule has 0 fully saturated rings. The van der Waals surface area contributed by atoms with Gasteiger partial charge in [-0.1, -0.05) is 0 Å². The van der Waals surface area contributed by atoms with Gasteiger partial charge in [-0.15, -0.1) is 6.42 Å². The molecule has 13 heavy (non-hydrogen) atoms. The van der Waals surface area contributed by atoms with Crippen molar-refractivity contribution in [1.29, 1.82) is 0 Å². The Balaban J connectivity index is -0.000000125. The van der Waals surface area contributed by atoms with Crippen molar-refractivity contribution in [3.05, 3.63) is 30.6 Å². The zero-order chi connectivity index (χ0) is 7.07. The van der Waals surface area contributed by atoms with E-state index in [4.69, 9.17) is 0 Å². The van der Waals surface area contributed by atoms with E-state index in [0.29, 0.717) is 0 Å². The number of allylic oxidation sites excluding steroid dienone is 4. The summed E-state index contributed by atoms with van der Waals surface area (Å²) in [7, 11) is 1.86. The van der Waals surface area contributed by atoms with E-state index in [0.717, 1.165) is 19.4 Å². The molecule has 0 saturated heterocycles. The zero-order valence-electron chi connectivity index (χ0n) is 7.21. The quantitative estimate of drug-likeness (QED) is 0.305. The molecule has 0 aromatic heterocycles. The van der Waals surface area contributed by atoms with Crippen LogP contribution in [0.15, 0.2) is 23.1 Å². The minimum absolute atomic E-state index is 0. The van der Waals surface area contributed by atoms with Crippen molar-refractivity contribution in [2.45, 2.75) is 12.8 Å².